The molecule has 0 heterocycles. The van der Waals surface area contributed by atoms with Crippen molar-refractivity contribution in [2.24, 2.45) is 0 Å². The van der Waals surface area contributed by atoms with Crippen LogP contribution in [-0.4, -0.2) is 29.4 Å². The van der Waals surface area contributed by atoms with E-state index in [2.05, 4.69) is 5.32 Å². The van der Waals surface area contributed by atoms with Crippen molar-refractivity contribution in [1.82, 2.24) is 5.32 Å². The van der Waals surface area contributed by atoms with Crippen LogP contribution in [0.15, 0.2) is 24.3 Å². The zero-order chi connectivity index (χ0) is 15.8. The van der Waals surface area contributed by atoms with Gasteiger partial charge in [0, 0.05) is 18.2 Å². The summed E-state index contributed by atoms with van der Waals surface area (Å²) in [6.07, 6.45) is 1.80. The number of amides is 1. The lowest BCUT2D eigenvalue weighted by molar-refractivity contribution is -0.384. The van der Waals surface area contributed by atoms with E-state index in [1.807, 2.05) is 13.8 Å². The van der Waals surface area contributed by atoms with Crippen molar-refractivity contribution in [3.05, 3.63) is 39.9 Å². The van der Waals surface area contributed by atoms with Crippen LogP contribution in [0, 0.1) is 10.1 Å². The van der Waals surface area contributed by atoms with Crippen molar-refractivity contribution < 1.29 is 19.2 Å². The lowest BCUT2D eigenvalue weighted by Crippen LogP contribution is -2.35. The molecule has 0 aromatic heterocycles. The Bertz CT molecular complexity index is 513. The SMILES string of the molecule is CCC[C@H](C)NC(=O)COC(=O)c1ccc([N+](=O)[O-])cc1. The molecule has 0 spiro atoms. The molecule has 0 aliphatic carbocycles. The molecule has 0 radical (unpaired) electrons. The van der Waals surface area contributed by atoms with Crippen LogP contribution in [0.4, 0.5) is 5.69 Å². The van der Waals surface area contributed by atoms with E-state index < -0.39 is 10.9 Å². The van der Waals surface area contributed by atoms with Crippen LogP contribution >= 0.6 is 0 Å². The fourth-order valence-electron chi connectivity index (χ4n) is 1.76. The van der Waals surface area contributed by atoms with Gasteiger partial charge in [-0.25, -0.2) is 4.79 Å². The average Bonchev–Trinajstić information content (AvgIpc) is 2.45. The normalized spacial score (nSPS) is 11.5. The quantitative estimate of drug-likeness (QED) is 0.471. The monoisotopic (exact) mass is 294 g/mol. The molecule has 1 rings (SSSR count). The predicted octanol–water partition coefficient (Wildman–Crippen LogP) is 2.06. The zero-order valence-electron chi connectivity index (χ0n) is 12.0. The fraction of sp³-hybridized carbons (Fsp3) is 0.429. The molecule has 1 atom stereocenters. The summed E-state index contributed by atoms with van der Waals surface area (Å²) in [5.41, 5.74) is 0.0488. The molecule has 0 unspecified atom stereocenters. The molecule has 7 heteroatoms. The van der Waals surface area contributed by atoms with Crippen LogP contribution < -0.4 is 5.32 Å². The van der Waals surface area contributed by atoms with Crippen molar-refractivity contribution in [2.75, 3.05) is 6.61 Å². The van der Waals surface area contributed by atoms with E-state index in [1.165, 1.54) is 24.3 Å². The van der Waals surface area contributed by atoms with E-state index in [9.17, 15) is 19.7 Å². The first-order valence-corrected chi connectivity index (χ1v) is 6.65. The number of benzene rings is 1. The Balaban J connectivity index is 2.46. The van der Waals surface area contributed by atoms with Gasteiger partial charge in [-0.3, -0.25) is 14.9 Å². The van der Waals surface area contributed by atoms with Crippen LogP contribution in [0.3, 0.4) is 0 Å². The predicted molar refractivity (Wildman–Crippen MR) is 75.9 cm³/mol. The molecule has 1 aromatic carbocycles. The smallest absolute Gasteiger partial charge is 0.338 e. The number of rotatable bonds is 7. The number of carbonyl (C=O) groups is 2. The van der Waals surface area contributed by atoms with Gasteiger partial charge in [-0.1, -0.05) is 13.3 Å². The number of nitrogens with zero attached hydrogens (tertiary/aromatic N) is 1. The highest BCUT2D eigenvalue weighted by atomic mass is 16.6. The number of carbonyl (C=O) groups excluding carboxylic acids is 2. The highest BCUT2D eigenvalue weighted by Crippen LogP contribution is 2.12. The van der Waals surface area contributed by atoms with Gasteiger partial charge in [0.25, 0.3) is 11.6 Å². The first kappa shape index (κ1) is 16.6. The number of non-ortho nitro benzene ring substituents is 1. The maximum Gasteiger partial charge on any atom is 0.338 e. The topological polar surface area (TPSA) is 98.5 Å². The number of ether oxygens (including phenoxy) is 1. The summed E-state index contributed by atoms with van der Waals surface area (Å²) in [7, 11) is 0. The van der Waals surface area contributed by atoms with Crippen molar-refractivity contribution in [1.29, 1.82) is 0 Å². The molecule has 0 saturated heterocycles. The summed E-state index contributed by atoms with van der Waals surface area (Å²) < 4.78 is 4.85. The van der Waals surface area contributed by atoms with E-state index in [-0.39, 0.29) is 29.8 Å². The number of hydrogen-bond acceptors (Lipinski definition) is 5. The third kappa shape index (κ3) is 5.60. The average molecular weight is 294 g/mol. The molecule has 1 aromatic rings. The summed E-state index contributed by atoms with van der Waals surface area (Å²) in [5.74, 6) is -1.06. The van der Waals surface area contributed by atoms with Crippen LogP contribution in [0.2, 0.25) is 0 Å². The van der Waals surface area contributed by atoms with E-state index >= 15 is 0 Å². The van der Waals surface area contributed by atoms with Crippen molar-refractivity contribution in [2.45, 2.75) is 32.7 Å². The van der Waals surface area contributed by atoms with Gasteiger partial charge in [-0.2, -0.15) is 0 Å². The van der Waals surface area contributed by atoms with Gasteiger partial charge in [-0.15, -0.1) is 0 Å². The van der Waals surface area contributed by atoms with Crippen LogP contribution in [-0.2, 0) is 9.53 Å². The van der Waals surface area contributed by atoms with Crippen LogP contribution in [0.5, 0.6) is 0 Å². The van der Waals surface area contributed by atoms with Crippen molar-refractivity contribution >= 4 is 17.6 Å². The van der Waals surface area contributed by atoms with E-state index in [4.69, 9.17) is 4.74 Å². The number of hydrogen-bond donors (Lipinski definition) is 1. The molecule has 114 valence electrons. The molecular formula is C14H18N2O5. The molecule has 0 aliphatic rings. The molecular weight excluding hydrogens is 276 g/mol. The van der Waals surface area contributed by atoms with Gasteiger partial charge < -0.3 is 10.1 Å². The second-order valence-electron chi connectivity index (χ2n) is 4.64. The molecule has 0 saturated carbocycles. The zero-order valence-corrected chi connectivity index (χ0v) is 12.0. The number of esters is 1. The number of nitro groups is 1. The Hall–Kier alpha value is -2.44. The molecule has 0 bridgehead atoms. The molecule has 7 nitrogen and oxygen atoms in total. The standard InChI is InChI=1S/C14H18N2O5/c1-3-4-10(2)15-13(17)9-21-14(18)11-5-7-12(8-6-11)16(19)20/h5-8,10H,3-4,9H2,1-2H3,(H,15,17)/t10-/m0/s1. The molecule has 1 N–H and O–H groups in total. The second-order valence-corrected chi connectivity index (χ2v) is 4.64. The number of nitro benzene ring substituents is 1. The van der Waals surface area contributed by atoms with Gasteiger partial charge >= 0.3 is 5.97 Å². The molecule has 0 aliphatic heterocycles. The summed E-state index contributed by atoms with van der Waals surface area (Å²) in [4.78, 5) is 33.1. The lowest BCUT2D eigenvalue weighted by Gasteiger charge is -2.12. The molecule has 0 fully saturated rings. The molecule has 1 amide bonds. The summed E-state index contributed by atoms with van der Waals surface area (Å²) >= 11 is 0. The number of nitrogens with one attached hydrogen (secondary N) is 1. The fourth-order valence-corrected chi connectivity index (χ4v) is 1.76. The maximum atomic E-state index is 11.7. The molecule has 21 heavy (non-hydrogen) atoms. The van der Waals surface area contributed by atoms with Gasteiger partial charge in [0.05, 0.1) is 10.5 Å². The highest BCUT2D eigenvalue weighted by molar-refractivity contribution is 5.91. The maximum absolute atomic E-state index is 11.7. The van der Waals surface area contributed by atoms with Gasteiger partial charge in [0.1, 0.15) is 0 Å². The lowest BCUT2D eigenvalue weighted by atomic mass is 10.2. The Morgan fingerprint density at radius 3 is 2.48 bits per heavy atom. The van der Waals surface area contributed by atoms with E-state index in [0.29, 0.717) is 0 Å². The van der Waals surface area contributed by atoms with Gasteiger partial charge in [0.15, 0.2) is 6.61 Å². The Morgan fingerprint density at radius 1 is 1.33 bits per heavy atom. The third-order valence-corrected chi connectivity index (χ3v) is 2.78. The van der Waals surface area contributed by atoms with Crippen LogP contribution in [0.1, 0.15) is 37.0 Å². The Labute approximate surface area is 122 Å². The minimum absolute atomic E-state index is 0.0283. The summed E-state index contributed by atoms with van der Waals surface area (Å²) in [6.45, 7) is 3.51. The first-order chi connectivity index (χ1) is 9.93. The van der Waals surface area contributed by atoms with E-state index in [0.717, 1.165) is 12.8 Å². The van der Waals surface area contributed by atoms with E-state index in [1.54, 1.807) is 0 Å². The summed E-state index contributed by atoms with van der Waals surface area (Å²) in [5, 5.41) is 13.2. The van der Waals surface area contributed by atoms with Crippen molar-refractivity contribution in [3.63, 3.8) is 0 Å². The highest BCUT2D eigenvalue weighted by Gasteiger charge is 2.13. The first-order valence-electron chi connectivity index (χ1n) is 6.65. The minimum Gasteiger partial charge on any atom is -0.452 e. The largest absolute Gasteiger partial charge is 0.452 e. The summed E-state index contributed by atoms with van der Waals surface area (Å²) in [6, 6.07) is 5.02. The van der Waals surface area contributed by atoms with Crippen LogP contribution in [0.25, 0.3) is 0 Å². The van der Waals surface area contributed by atoms with Gasteiger partial charge in [-0.05, 0) is 25.5 Å². The Morgan fingerprint density at radius 2 is 1.95 bits per heavy atom. The van der Waals surface area contributed by atoms with Gasteiger partial charge in [0.2, 0.25) is 0 Å². The second kappa shape index (κ2) is 7.98. The minimum atomic E-state index is -0.691. The Kier molecular flexibility index (Phi) is 6.32. The third-order valence-electron chi connectivity index (χ3n) is 2.78. The van der Waals surface area contributed by atoms with Crippen molar-refractivity contribution in [3.8, 4) is 0 Å².